The summed E-state index contributed by atoms with van der Waals surface area (Å²) in [6, 6.07) is 5.72. The quantitative estimate of drug-likeness (QED) is 0.706. The van der Waals surface area contributed by atoms with Crippen molar-refractivity contribution in [3.8, 4) is 0 Å². The van der Waals surface area contributed by atoms with Gasteiger partial charge in [0.1, 0.15) is 0 Å². The molecule has 1 aromatic carbocycles. The number of carbonyl (C=O) groups is 1. The topological polar surface area (TPSA) is 34.9 Å². The molecule has 90 valence electrons. The maximum atomic E-state index is 11.7. The summed E-state index contributed by atoms with van der Waals surface area (Å²) in [5, 5.41) is 5.48. The summed E-state index contributed by atoms with van der Waals surface area (Å²) in [6.45, 7) is 8.02. The van der Waals surface area contributed by atoms with Crippen LogP contribution in [0.1, 0.15) is 43.7 Å². The first-order chi connectivity index (χ1) is 7.82. The van der Waals surface area contributed by atoms with Gasteiger partial charge in [-0.2, -0.15) is 5.10 Å². The van der Waals surface area contributed by atoms with Crippen LogP contribution in [0.3, 0.4) is 0 Å². The Morgan fingerprint density at radius 2 is 1.94 bits per heavy atom. The lowest BCUT2D eigenvalue weighted by molar-refractivity contribution is 0.101. The molecule has 0 amide bonds. The third-order valence-electron chi connectivity index (χ3n) is 2.95. The summed E-state index contributed by atoms with van der Waals surface area (Å²) < 4.78 is 1.89. The van der Waals surface area contributed by atoms with E-state index >= 15 is 0 Å². The second-order valence-corrected chi connectivity index (χ2v) is 5.48. The standard InChI is InChI=1S/C14H18N2O/c1-9(17)10-7-6-8-11-12(10)13(14(2,3)4)16(5)15-11/h6-8H,1-5H3. The van der Waals surface area contributed by atoms with Gasteiger partial charge in [-0.25, -0.2) is 0 Å². The minimum Gasteiger partial charge on any atom is -0.294 e. The Bertz CT molecular complexity index is 588. The lowest BCUT2D eigenvalue weighted by Gasteiger charge is -2.20. The molecule has 3 nitrogen and oxygen atoms in total. The molecule has 0 fully saturated rings. The van der Waals surface area contributed by atoms with E-state index in [-0.39, 0.29) is 11.2 Å². The number of Topliss-reactive ketones (excluding diaryl/α,β-unsaturated/α-hetero) is 1. The average Bonchev–Trinajstić information content (AvgIpc) is 2.51. The molecular formula is C14H18N2O. The SMILES string of the molecule is CC(=O)c1cccc2nn(C)c(C(C)(C)C)c12. The number of fused-ring (bicyclic) bond motifs is 1. The third kappa shape index (κ3) is 1.86. The number of aryl methyl sites for hydroxylation is 1. The lowest BCUT2D eigenvalue weighted by Crippen LogP contribution is -2.17. The van der Waals surface area contributed by atoms with Crippen molar-refractivity contribution in [1.82, 2.24) is 9.78 Å². The van der Waals surface area contributed by atoms with Crippen LogP contribution in [0.2, 0.25) is 0 Å². The van der Waals surface area contributed by atoms with Crippen LogP contribution in [0.5, 0.6) is 0 Å². The molecular weight excluding hydrogens is 212 g/mol. The lowest BCUT2D eigenvalue weighted by atomic mass is 9.87. The normalized spacial score (nSPS) is 12.1. The van der Waals surface area contributed by atoms with E-state index in [1.807, 2.05) is 29.9 Å². The average molecular weight is 230 g/mol. The van der Waals surface area contributed by atoms with Gasteiger partial charge >= 0.3 is 0 Å². The molecule has 3 heteroatoms. The molecule has 17 heavy (non-hydrogen) atoms. The van der Waals surface area contributed by atoms with Gasteiger partial charge in [0, 0.05) is 23.4 Å². The van der Waals surface area contributed by atoms with Gasteiger partial charge in [0.25, 0.3) is 0 Å². The Morgan fingerprint density at radius 1 is 1.29 bits per heavy atom. The summed E-state index contributed by atoms with van der Waals surface area (Å²) in [6.07, 6.45) is 0. The molecule has 0 aliphatic heterocycles. The third-order valence-corrected chi connectivity index (χ3v) is 2.95. The van der Waals surface area contributed by atoms with Gasteiger partial charge < -0.3 is 0 Å². The van der Waals surface area contributed by atoms with Crippen LogP contribution in [0.25, 0.3) is 10.9 Å². The fourth-order valence-electron chi connectivity index (χ4n) is 2.40. The number of hydrogen-bond donors (Lipinski definition) is 0. The molecule has 1 heterocycles. The molecule has 0 spiro atoms. The summed E-state index contributed by atoms with van der Waals surface area (Å²) in [5.41, 5.74) is 2.73. The first kappa shape index (κ1) is 11.8. The zero-order valence-corrected chi connectivity index (χ0v) is 11.0. The number of carbonyl (C=O) groups excluding carboxylic acids is 1. The zero-order valence-electron chi connectivity index (χ0n) is 11.0. The van der Waals surface area contributed by atoms with Gasteiger partial charge in [0.2, 0.25) is 0 Å². The predicted molar refractivity (Wildman–Crippen MR) is 69.4 cm³/mol. The van der Waals surface area contributed by atoms with Gasteiger partial charge in [-0.05, 0) is 13.0 Å². The number of nitrogens with zero attached hydrogens (tertiary/aromatic N) is 2. The highest BCUT2D eigenvalue weighted by atomic mass is 16.1. The van der Waals surface area contributed by atoms with E-state index in [0.717, 1.165) is 22.2 Å². The highest BCUT2D eigenvalue weighted by Gasteiger charge is 2.24. The van der Waals surface area contributed by atoms with E-state index in [1.54, 1.807) is 6.92 Å². The first-order valence-corrected chi connectivity index (χ1v) is 5.79. The summed E-state index contributed by atoms with van der Waals surface area (Å²) in [7, 11) is 1.94. The van der Waals surface area contributed by atoms with Crippen molar-refractivity contribution in [2.75, 3.05) is 0 Å². The highest BCUT2D eigenvalue weighted by molar-refractivity contribution is 6.07. The maximum Gasteiger partial charge on any atom is 0.160 e. The molecule has 0 unspecified atom stereocenters. The number of hydrogen-bond acceptors (Lipinski definition) is 2. The molecule has 0 N–H and O–H groups in total. The number of aromatic nitrogens is 2. The second kappa shape index (κ2) is 3.69. The molecule has 0 aliphatic rings. The maximum absolute atomic E-state index is 11.7. The second-order valence-electron chi connectivity index (χ2n) is 5.48. The molecule has 0 radical (unpaired) electrons. The highest BCUT2D eigenvalue weighted by Crippen LogP contribution is 2.31. The van der Waals surface area contributed by atoms with Crippen LogP contribution in [0.15, 0.2) is 18.2 Å². The fourth-order valence-corrected chi connectivity index (χ4v) is 2.40. The van der Waals surface area contributed by atoms with Crippen LogP contribution in [0, 0.1) is 0 Å². The van der Waals surface area contributed by atoms with Crippen LogP contribution < -0.4 is 0 Å². The Hall–Kier alpha value is -1.64. The van der Waals surface area contributed by atoms with Gasteiger partial charge in [-0.3, -0.25) is 9.48 Å². The largest absolute Gasteiger partial charge is 0.294 e. The summed E-state index contributed by atoms with van der Waals surface area (Å²) >= 11 is 0. The van der Waals surface area contributed by atoms with Gasteiger partial charge in [0.05, 0.1) is 11.2 Å². The first-order valence-electron chi connectivity index (χ1n) is 5.79. The molecule has 0 aliphatic carbocycles. The van der Waals surface area contributed by atoms with Crippen LogP contribution in [-0.2, 0) is 12.5 Å². The minimum atomic E-state index is -0.0327. The van der Waals surface area contributed by atoms with Crippen molar-refractivity contribution in [2.24, 2.45) is 7.05 Å². The Morgan fingerprint density at radius 3 is 2.47 bits per heavy atom. The Labute approximate surface area is 101 Å². The zero-order chi connectivity index (χ0) is 12.8. The van der Waals surface area contributed by atoms with E-state index in [0.29, 0.717) is 0 Å². The number of ketones is 1. The molecule has 2 rings (SSSR count). The van der Waals surface area contributed by atoms with Crippen molar-refractivity contribution in [3.05, 3.63) is 29.5 Å². The number of benzene rings is 1. The fraction of sp³-hybridized carbons (Fsp3) is 0.429. The van der Waals surface area contributed by atoms with Gasteiger partial charge in [-0.15, -0.1) is 0 Å². The van der Waals surface area contributed by atoms with E-state index < -0.39 is 0 Å². The Kier molecular flexibility index (Phi) is 2.57. The van der Waals surface area contributed by atoms with Crippen molar-refractivity contribution >= 4 is 16.7 Å². The van der Waals surface area contributed by atoms with E-state index in [2.05, 4.69) is 25.9 Å². The van der Waals surface area contributed by atoms with Gasteiger partial charge in [-0.1, -0.05) is 32.9 Å². The van der Waals surface area contributed by atoms with Crippen LogP contribution in [-0.4, -0.2) is 15.6 Å². The van der Waals surface area contributed by atoms with E-state index in [9.17, 15) is 4.79 Å². The summed E-state index contributed by atoms with van der Waals surface area (Å²) in [4.78, 5) is 11.7. The molecule has 1 aromatic heterocycles. The van der Waals surface area contributed by atoms with Crippen molar-refractivity contribution in [3.63, 3.8) is 0 Å². The van der Waals surface area contributed by atoms with E-state index in [4.69, 9.17) is 0 Å². The number of rotatable bonds is 1. The monoisotopic (exact) mass is 230 g/mol. The molecule has 0 saturated heterocycles. The predicted octanol–water partition coefficient (Wildman–Crippen LogP) is 3.07. The molecule has 0 saturated carbocycles. The molecule has 2 aromatic rings. The Balaban J connectivity index is 2.92. The minimum absolute atomic E-state index is 0.0327. The summed E-state index contributed by atoms with van der Waals surface area (Å²) in [5.74, 6) is 0.0918. The molecule has 0 atom stereocenters. The van der Waals surface area contributed by atoms with Crippen molar-refractivity contribution < 1.29 is 4.79 Å². The van der Waals surface area contributed by atoms with Crippen LogP contribution >= 0.6 is 0 Å². The smallest absolute Gasteiger partial charge is 0.160 e. The molecule has 0 bridgehead atoms. The van der Waals surface area contributed by atoms with Crippen LogP contribution in [0.4, 0.5) is 0 Å². The van der Waals surface area contributed by atoms with Crippen molar-refractivity contribution in [1.29, 1.82) is 0 Å². The van der Waals surface area contributed by atoms with E-state index in [1.165, 1.54) is 0 Å². The van der Waals surface area contributed by atoms with Gasteiger partial charge in [0.15, 0.2) is 5.78 Å². The van der Waals surface area contributed by atoms with Crippen molar-refractivity contribution in [2.45, 2.75) is 33.1 Å².